The molecular weight excluding hydrogens is 368 g/mol. The van der Waals surface area contributed by atoms with Gasteiger partial charge in [-0.05, 0) is 44.8 Å². The van der Waals surface area contributed by atoms with Crippen molar-refractivity contribution in [1.29, 1.82) is 0 Å². The van der Waals surface area contributed by atoms with Crippen LogP contribution in [0, 0.1) is 17.6 Å². The van der Waals surface area contributed by atoms with Gasteiger partial charge in [0.25, 0.3) is 0 Å². The summed E-state index contributed by atoms with van der Waals surface area (Å²) < 4.78 is 31.6. The van der Waals surface area contributed by atoms with Gasteiger partial charge in [0.1, 0.15) is 17.1 Å². The molecule has 2 heterocycles. The van der Waals surface area contributed by atoms with E-state index in [0.717, 1.165) is 38.2 Å². The monoisotopic (exact) mass is 393 g/mol. The van der Waals surface area contributed by atoms with Crippen molar-refractivity contribution in [2.45, 2.75) is 33.2 Å². The molecule has 0 bridgehead atoms. The van der Waals surface area contributed by atoms with E-state index in [1.165, 1.54) is 4.57 Å². The van der Waals surface area contributed by atoms with E-state index in [1.54, 1.807) is 11.8 Å². The zero-order chi connectivity index (χ0) is 20.4. The quantitative estimate of drug-likeness (QED) is 0.708. The lowest BCUT2D eigenvalue weighted by Gasteiger charge is -2.22. The number of fused-ring (bicyclic) bond motifs is 1. The van der Waals surface area contributed by atoms with Crippen molar-refractivity contribution in [2.24, 2.45) is 5.92 Å². The number of nitrogens with one attached hydrogen (secondary N) is 1. The first-order valence-electron chi connectivity index (χ1n) is 9.63. The molecule has 0 aliphatic carbocycles. The molecule has 1 unspecified atom stereocenters. The lowest BCUT2D eigenvalue weighted by atomic mass is 10.1. The number of pyridine rings is 1. The Hall–Kier alpha value is -2.48. The van der Waals surface area contributed by atoms with E-state index in [9.17, 15) is 19.1 Å². The van der Waals surface area contributed by atoms with Crippen molar-refractivity contribution in [2.75, 3.05) is 31.1 Å². The van der Waals surface area contributed by atoms with Crippen molar-refractivity contribution >= 4 is 22.6 Å². The predicted molar refractivity (Wildman–Crippen MR) is 104 cm³/mol. The van der Waals surface area contributed by atoms with Gasteiger partial charge >= 0.3 is 5.97 Å². The maximum Gasteiger partial charge on any atom is 0.341 e. The van der Waals surface area contributed by atoms with Crippen molar-refractivity contribution in [3.8, 4) is 0 Å². The Balaban J connectivity index is 2.05. The van der Waals surface area contributed by atoms with Gasteiger partial charge in [0.15, 0.2) is 5.82 Å². The Morgan fingerprint density at radius 1 is 1.36 bits per heavy atom. The van der Waals surface area contributed by atoms with E-state index in [0.29, 0.717) is 19.0 Å². The largest absolute Gasteiger partial charge is 0.477 e. The molecule has 3 rings (SSSR count). The van der Waals surface area contributed by atoms with Crippen LogP contribution >= 0.6 is 0 Å². The SMILES string of the molecule is CCNCCC1CCN(c2c(F)cc3c(=O)c(C(=O)O)cn(CC)c3c2F)C1. The molecule has 2 N–H and O–H groups in total. The topological polar surface area (TPSA) is 74.6 Å². The van der Waals surface area contributed by atoms with Crippen LogP contribution in [0.2, 0.25) is 0 Å². The number of rotatable bonds is 7. The summed E-state index contributed by atoms with van der Waals surface area (Å²) in [5.74, 6) is -2.71. The highest BCUT2D eigenvalue weighted by Crippen LogP contribution is 2.34. The second-order valence-electron chi connectivity index (χ2n) is 7.12. The number of halogens is 2. The van der Waals surface area contributed by atoms with Crippen molar-refractivity contribution in [3.05, 3.63) is 39.7 Å². The summed E-state index contributed by atoms with van der Waals surface area (Å²) >= 11 is 0. The first kappa shape index (κ1) is 20.3. The number of carboxylic acids is 1. The third-order valence-corrected chi connectivity index (χ3v) is 5.38. The molecule has 2 aromatic rings. The van der Waals surface area contributed by atoms with E-state index < -0.39 is 28.6 Å². The molecule has 1 aromatic carbocycles. The number of anilines is 1. The normalized spacial score (nSPS) is 16.9. The minimum atomic E-state index is -1.41. The van der Waals surface area contributed by atoms with Gasteiger partial charge in [-0.2, -0.15) is 0 Å². The van der Waals surface area contributed by atoms with Crippen LogP contribution in [0.5, 0.6) is 0 Å². The zero-order valence-corrected chi connectivity index (χ0v) is 16.1. The maximum atomic E-state index is 15.4. The fourth-order valence-corrected chi connectivity index (χ4v) is 3.92. The number of carboxylic acid groups (broad SMARTS) is 1. The van der Waals surface area contributed by atoms with Gasteiger partial charge < -0.3 is 19.9 Å². The molecule has 6 nitrogen and oxygen atoms in total. The van der Waals surface area contributed by atoms with Gasteiger partial charge in [-0.25, -0.2) is 13.6 Å². The highest BCUT2D eigenvalue weighted by atomic mass is 19.1. The second-order valence-corrected chi connectivity index (χ2v) is 7.12. The van der Waals surface area contributed by atoms with Crippen molar-refractivity contribution < 1.29 is 18.7 Å². The number of aromatic nitrogens is 1. The van der Waals surface area contributed by atoms with Crippen LogP contribution in [0.15, 0.2) is 17.1 Å². The molecule has 1 fully saturated rings. The van der Waals surface area contributed by atoms with Crippen LogP contribution in [-0.4, -0.2) is 41.8 Å². The molecule has 1 aromatic heterocycles. The molecule has 152 valence electrons. The summed E-state index contributed by atoms with van der Waals surface area (Å²) in [4.78, 5) is 25.4. The first-order chi connectivity index (χ1) is 13.4. The van der Waals surface area contributed by atoms with Gasteiger partial charge in [0.2, 0.25) is 5.43 Å². The summed E-state index contributed by atoms with van der Waals surface area (Å²) in [6, 6.07) is 0.973. The lowest BCUT2D eigenvalue weighted by molar-refractivity contribution is 0.0695. The maximum absolute atomic E-state index is 15.4. The second kappa shape index (κ2) is 8.26. The number of nitrogens with zero attached hydrogens (tertiary/aromatic N) is 2. The van der Waals surface area contributed by atoms with Gasteiger partial charge in [-0.1, -0.05) is 6.92 Å². The number of carbonyl (C=O) groups is 1. The van der Waals surface area contributed by atoms with E-state index >= 15 is 4.39 Å². The molecule has 0 saturated carbocycles. The number of aromatic carboxylic acids is 1. The summed E-state index contributed by atoms with van der Waals surface area (Å²) in [6.45, 7) is 6.84. The van der Waals surface area contributed by atoms with Crippen molar-refractivity contribution in [1.82, 2.24) is 9.88 Å². The van der Waals surface area contributed by atoms with E-state index in [1.807, 2.05) is 6.92 Å². The van der Waals surface area contributed by atoms with Gasteiger partial charge in [-0.15, -0.1) is 0 Å². The van der Waals surface area contributed by atoms with Crippen LogP contribution < -0.4 is 15.6 Å². The summed E-state index contributed by atoms with van der Waals surface area (Å²) in [5.41, 5.74) is -1.56. The fourth-order valence-electron chi connectivity index (χ4n) is 3.92. The van der Waals surface area contributed by atoms with E-state index in [4.69, 9.17) is 0 Å². The molecular formula is C20H25F2N3O3. The van der Waals surface area contributed by atoms with Gasteiger partial charge in [0.05, 0.1) is 10.9 Å². The van der Waals surface area contributed by atoms with Crippen LogP contribution in [0.1, 0.15) is 37.0 Å². The number of hydrogen-bond donors (Lipinski definition) is 2. The Morgan fingerprint density at radius 3 is 2.75 bits per heavy atom. The molecule has 0 spiro atoms. The minimum absolute atomic E-state index is 0.0509. The molecule has 1 aliphatic heterocycles. The van der Waals surface area contributed by atoms with Crippen LogP contribution in [0.4, 0.5) is 14.5 Å². The fraction of sp³-hybridized carbons (Fsp3) is 0.500. The summed E-state index contributed by atoms with van der Waals surface area (Å²) in [6.07, 6.45) is 2.91. The Morgan fingerprint density at radius 2 is 2.11 bits per heavy atom. The molecule has 1 atom stereocenters. The zero-order valence-electron chi connectivity index (χ0n) is 16.1. The van der Waals surface area contributed by atoms with Crippen LogP contribution in [0.3, 0.4) is 0 Å². The first-order valence-corrected chi connectivity index (χ1v) is 9.63. The summed E-state index contributed by atoms with van der Waals surface area (Å²) in [5, 5.41) is 12.2. The van der Waals surface area contributed by atoms with E-state index in [2.05, 4.69) is 5.32 Å². The predicted octanol–water partition coefficient (Wildman–Crippen LogP) is 2.82. The highest BCUT2D eigenvalue weighted by molar-refractivity contribution is 5.93. The molecule has 1 aliphatic rings. The van der Waals surface area contributed by atoms with Crippen LogP contribution in [-0.2, 0) is 6.54 Å². The standard InChI is InChI=1S/C20H25F2N3O3/c1-3-23-7-5-12-6-8-25(10-12)18-15(21)9-13-17(16(18)22)24(4-2)11-14(19(13)26)20(27)28/h9,11-12,23H,3-8,10H2,1-2H3,(H,27,28). The number of benzene rings is 1. The van der Waals surface area contributed by atoms with Crippen molar-refractivity contribution in [3.63, 3.8) is 0 Å². The van der Waals surface area contributed by atoms with Gasteiger partial charge in [-0.3, -0.25) is 4.79 Å². The molecule has 8 heteroatoms. The molecule has 0 radical (unpaired) electrons. The highest BCUT2D eigenvalue weighted by Gasteiger charge is 2.29. The Bertz CT molecular complexity index is 958. The third kappa shape index (κ3) is 3.61. The molecule has 28 heavy (non-hydrogen) atoms. The van der Waals surface area contributed by atoms with Gasteiger partial charge in [0, 0.05) is 25.8 Å². The smallest absolute Gasteiger partial charge is 0.341 e. The summed E-state index contributed by atoms with van der Waals surface area (Å²) in [7, 11) is 0. The Labute approximate surface area is 161 Å². The lowest BCUT2D eigenvalue weighted by Crippen LogP contribution is -2.25. The minimum Gasteiger partial charge on any atom is -0.477 e. The number of hydrogen-bond acceptors (Lipinski definition) is 4. The third-order valence-electron chi connectivity index (χ3n) is 5.38. The Kier molecular flexibility index (Phi) is 5.98. The number of aryl methyl sites for hydroxylation is 1. The average molecular weight is 393 g/mol. The van der Waals surface area contributed by atoms with E-state index in [-0.39, 0.29) is 23.1 Å². The average Bonchev–Trinajstić information content (AvgIpc) is 3.11. The molecule has 0 amide bonds. The van der Waals surface area contributed by atoms with Crippen LogP contribution in [0.25, 0.3) is 10.9 Å². The molecule has 1 saturated heterocycles.